The molecule has 1 rings (SSSR count). The van der Waals surface area contributed by atoms with E-state index in [1.54, 1.807) is 0 Å². The van der Waals surface area contributed by atoms with Crippen LogP contribution in [0.4, 0.5) is 5.69 Å². The van der Waals surface area contributed by atoms with Crippen molar-refractivity contribution in [3.05, 3.63) is 29.8 Å². The first-order chi connectivity index (χ1) is 8.04. The minimum atomic E-state index is -0.570. The third-order valence-corrected chi connectivity index (χ3v) is 3.55. The number of rotatable bonds is 6. The zero-order chi connectivity index (χ0) is 12.9. The Bertz CT molecular complexity index is 345. The maximum atomic E-state index is 10.4. The predicted molar refractivity (Wildman–Crippen MR) is 74.6 cm³/mol. The van der Waals surface area contributed by atoms with Crippen LogP contribution >= 0.6 is 0 Å². The van der Waals surface area contributed by atoms with Gasteiger partial charge in [0.15, 0.2) is 0 Å². The van der Waals surface area contributed by atoms with Gasteiger partial charge in [-0.15, -0.1) is 0 Å². The first kappa shape index (κ1) is 14.0. The Balaban J connectivity index is 2.85. The van der Waals surface area contributed by atoms with E-state index in [4.69, 9.17) is 0 Å². The summed E-state index contributed by atoms with van der Waals surface area (Å²) in [6, 6.07) is 8.46. The summed E-state index contributed by atoms with van der Waals surface area (Å²) in [5.41, 5.74) is 1.89. The number of likely N-dealkylation sites (N-methyl/N-ethyl adjacent to an activating group) is 1. The molecule has 1 aromatic carbocycles. The SMILES string of the molecule is CCN(CC(O)(CC)CC)c1cccc(C)c1. The van der Waals surface area contributed by atoms with E-state index in [1.807, 2.05) is 13.8 Å². The molecular formula is C15H25NO. The Morgan fingerprint density at radius 3 is 2.29 bits per heavy atom. The fourth-order valence-corrected chi connectivity index (χ4v) is 2.04. The molecule has 0 heterocycles. The second-order valence-corrected chi connectivity index (χ2v) is 4.78. The van der Waals surface area contributed by atoms with Gasteiger partial charge in [-0.2, -0.15) is 0 Å². The summed E-state index contributed by atoms with van der Waals surface area (Å²) < 4.78 is 0. The van der Waals surface area contributed by atoms with Crippen molar-refractivity contribution in [3.63, 3.8) is 0 Å². The van der Waals surface area contributed by atoms with Gasteiger partial charge in [-0.05, 0) is 44.4 Å². The van der Waals surface area contributed by atoms with E-state index >= 15 is 0 Å². The third kappa shape index (κ3) is 3.74. The summed E-state index contributed by atoms with van der Waals surface area (Å²) in [6.07, 6.45) is 1.59. The molecule has 0 atom stereocenters. The quantitative estimate of drug-likeness (QED) is 0.817. The standard InChI is InChI=1S/C15H25NO/c1-5-15(17,6-2)12-16(7-3)14-10-8-9-13(4)11-14/h8-11,17H,5-7,12H2,1-4H3. The molecule has 0 saturated carbocycles. The van der Waals surface area contributed by atoms with Crippen molar-refractivity contribution >= 4 is 5.69 Å². The largest absolute Gasteiger partial charge is 0.388 e. The van der Waals surface area contributed by atoms with E-state index in [2.05, 4.69) is 43.0 Å². The van der Waals surface area contributed by atoms with E-state index in [0.717, 1.165) is 19.4 Å². The third-order valence-electron chi connectivity index (χ3n) is 3.55. The van der Waals surface area contributed by atoms with Crippen LogP contribution in [0.3, 0.4) is 0 Å². The van der Waals surface area contributed by atoms with Gasteiger partial charge in [0.25, 0.3) is 0 Å². The van der Waals surface area contributed by atoms with Gasteiger partial charge >= 0.3 is 0 Å². The molecular weight excluding hydrogens is 210 g/mol. The Labute approximate surface area is 105 Å². The molecule has 0 aromatic heterocycles. The van der Waals surface area contributed by atoms with Crippen LogP contribution in [0.25, 0.3) is 0 Å². The van der Waals surface area contributed by atoms with Gasteiger partial charge in [0, 0.05) is 18.8 Å². The highest BCUT2D eigenvalue weighted by atomic mass is 16.3. The van der Waals surface area contributed by atoms with Crippen molar-refractivity contribution in [1.82, 2.24) is 0 Å². The highest BCUT2D eigenvalue weighted by Gasteiger charge is 2.25. The summed E-state index contributed by atoms with van der Waals surface area (Å²) >= 11 is 0. The fourth-order valence-electron chi connectivity index (χ4n) is 2.04. The minimum absolute atomic E-state index is 0.570. The van der Waals surface area contributed by atoms with Crippen molar-refractivity contribution in [1.29, 1.82) is 0 Å². The molecule has 0 amide bonds. The highest BCUT2D eigenvalue weighted by molar-refractivity contribution is 5.48. The van der Waals surface area contributed by atoms with E-state index in [0.29, 0.717) is 6.54 Å². The number of benzene rings is 1. The molecule has 1 N–H and O–H groups in total. The molecule has 0 fully saturated rings. The van der Waals surface area contributed by atoms with Crippen LogP contribution < -0.4 is 4.90 Å². The maximum absolute atomic E-state index is 10.4. The van der Waals surface area contributed by atoms with Gasteiger partial charge in [-0.1, -0.05) is 26.0 Å². The molecule has 2 nitrogen and oxygen atoms in total. The zero-order valence-corrected chi connectivity index (χ0v) is 11.5. The number of aliphatic hydroxyl groups is 1. The molecule has 0 aliphatic carbocycles. The normalized spacial score (nSPS) is 11.6. The lowest BCUT2D eigenvalue weighted by atomic mass is 9.96. The Hall–Kier alpha value is -1.02. The number of aryl methyl sites for hydroxylation is 1. The highest BCUT2D eigenvalue weighted by Crippen LogP contribution is 2.22. The van der Waals surface area contributed by atoms with E-state index < -0.39 is 5.60 Å². The lowest BCUT2D eigenvalue weighted by Crippen LogP contribution is -2.42. The second kappa shape index (κ2) is 6.06. The fraction of sp³-hybridized carbons (Fsp3) is 0.600. The van der Waals surface area contributed by atoms with Crippen LogP contribution in [0.2, 0.25) is 0 Å². The monoisotopic (exact) mass is 235 g/mol. The summed E-state index contributed by atoms with van der Waals surface area (Å²) in [5, 5.41) is 10.4. The van der Waals surface area contributed by atoms with E-state index in [-0.39, 0.29) is 0 Å². The van der Waals surface area contributed by atoms with Gasteiger partial charge < -0.3 is 10.0 Å². The topological polar surface area (TPSA) is 23.5 Å². The van der Waals surface area contributed by atoms with Gasteiger partial charge in [0.1, 0.15) is 0 Å². The molecule has 0 saturated heterocycles. The van der Waals surface area contributed by atoms with Crippen LogP contribution in [0, 0.1) is 6.92 Å². The average Bonchev–Trinajstić information content (AvgIpc) is 2.35. The van der Waals surface area contributed by atoms with Crippen molar-refractivity contribution in [2.24, 2.45) is 0 Å². The van der Waals surface area contributed by atoms with Gasteiger partial charge in [0.2, 0.25) is 0 Å². The summed E-state index contributed by atoms with van der Waals surface area (Å²) in [5.74, 6) is 0. The molecule has 0 aliphatic rings. The maximum Gasteiger partial charge on any atom is 0.0816 e. The average molecular weight is 235 g/mol. The molecule has 0 bridgehead atoms. The number of hydrogen-bond acceptors (Lipinski definition) is 2. The lowest BCUT2D eigenvalue weighted by molar-refractivity contribution is 0.0395. The van der Waals surface area contributed by atoms with Crippen LogP contribution in [-0.4, -0.2) is 23.8 Å². The first-order valence-corrected chi connectivity index (χ1v) is 6.58. The zero-order valence-electron chi connectivity index (χ0n) is 11.5. The molecule has 0 spiro atoms. The summed E-state index contributed by atoms with van der Waals surface area (Å²) in [6.45, 7) is 9.96. The second-order valence-electron chi connectivity index (χ2n) is 4.78. The lowest BCUT2D eigenvalue weighted by Gasteiger charge is -2.34. The summed E-state index contributed by atoms with van der Waals surface area (Å²) in [4.78, 5) is 2.25. The molecule has 0 radical (unpaired) electrons. The molecule has 0 aliphatic heterocycles. The van der Waals surface area contributed by atoms with Crippen LogP contribution in [0.1, 0.15) is 39.2 Å². The number of nitrogens with zero attached hydrogens (tertiary/aromatic N) is 1. The molecule has 2 heteroatoms. The number of anilines is 1. The van der Waals surface area contributed by atoms with Crippen molar-refractivity contribution in [3.8, 4) is 0 Å². The van der Waals surface area contributed by atoms with Gasteiger partial charge in [0.05, 0.1) is 5.60 Å². The van der Waals surface area contributed by atoms with Crippen LogP contribution in [0.5, 0.6) is 0 Å². The Kier molecular flexibility index (Phi) is 5.01. The molecule has 1 aromatic rings. The van der Waals surface area contributed by atoms with Gasteiger partial charge in [-0.3, -0.25) is 0 Å². The van der Waals surface area contributed by atoms with Crippen molar-refractivity contribution in [2.45, 2.75) is 46.1 Å². The Morgan fingerprint density at radius 1 is 1.18 bits per heavy atom. The molecule has 0 unspecified atom stereocenters. The Morgan fingerprint density at radius 2 is 1.82 bits per heavy atom. The van der Waals surface area contributed by atoms with Crippen LogP contribution in [0.15, 0.2) is 24.3 Å². The van der Waals surface area contributed by atoms with Crippen molar-refractivity contribution < 1.29 is 5.11 Å². The smallest absolute Gasteiger partial charge is 0.0816 e. The van der Waals surface area contributed by atoms with Gasteiger partial charge in [-0.25, -0.2) is 0 Å². The first-order valence-electron chi connectivity index (χ1n) is 6.58. The number of hydrogen-bond donors (Lipinski definition) is 1. The summed E-state index contributed by atoms with van der Waals surface area (Å²) in [7, 11) is 0. The minimum Gasteiger partial charge on any atom is -0.388 e. The van der Waals surface area contributed by atoms with E-state index in [1.165, 1.54) is 11.3 Å². The van der Waals surface area contributed by atoms with Crippen LogP contribution in [-0.2, 0) is 0 Å². The van der Waals surface area contributed by atoms with E-state index in [9.17, 15) is 5.11 Å². The predicted octanol–water partition coefficient (Wildman–Crippen LogP) is 3.37. The molecule has 17 heavy (non-hydrogen) atoms. The van der Waals surface area contributed by atoms with Crippen molar-refractivity contribution in [2.75, 3.05) is 18.0 Å². The molecule has 96 valence electrons.